The van der Waals surface area contributed by atoms with Crippen molar-refractivity contribution in [2.75, 3.05) is 0 Å². The molecular weight excluding hydrogens is 591 g/mol. The van der Waals surface area contributed by atoms with E-state index in [1.165, 1.54) is 24.3 Å². The normalized spacial score (nSPS) is 15.3. The van der Waals surface area contributed by atoms with Crippen LogP contribution in [0.2, 0.25) is 0 Å². The molecular formula is C32H30F3N5O5. The lowest BCUT2D eigenvalue weighted by Gasteiger charge is -2.26. The number of halogens is 3. The molecule has 13 heteroatoms. The molecule has 4 aromatic rings. The Balaban J connectivity index is 1.57. The van der Waals surface area contributed by atoms with Crippen molar-refractivity contribution in [2.24, 2.45) is 11.5 Å². The molecule has 0 saturated heterocycles. The van der Waals surface area contributed by atoms with Crippen LogP contribution in [0, 0.1) is 6.92 Å². The van der Waals surface area contributed by atoms with Gasteiger partial charge in [0.05, 0.1) is 17.0 Å². The van der Waals surface area contributed by atoms with Gasteiger partial charge in [-0.3, -0.25) is 4.79 Å². The molecule has 0 radical (unpaired) electrons. The Morgan fingerprint density at radius 1 is 1.04 bits per heavy atom. The van der Waals surface area contributed by atoms with Gasteiger partial charge in [-0.1, -0.05) is 30.3 Å². The van der Waals surface area contributed by atoms with Gasteiger partial charge in [-0.05, 0) is 73.4 Å². The predicted octanol–water partition coefficient (Wildman–Crippen LogP) is 6.22. The Labute approximate surface area is 256 Å². The van der Waals surface area contributed by atoms with Gasteiger partial charge in [-0.25, -0.2) is 14.5 Å². The highest BCUT2D eigenvalue weighted by Crippen LogP contribution is 2.44. The van der Waals surface area contributed by atoms with Crippen LogP contribution in [-0.4, -0.2) is 33.1 Å². The molecule has 0 fully saturated rings. The summed E-state index contributed by atoms with van der Waals surface area (Å²) in [5, 5.41) is 4.55. The van der Waals surface area contributed by atoms with E-state index in [0.29, 0.717) is 40.7 Å². The minimum Gasteiger partial charge on any atom is -0.445 e. The van der Waals surface area contributed by atoms with Gasteiger partial charge in [0.1, 0.15) is 29.5 Å². The molecule has 0 spiro atoms. The maximum atomic E-state index is 12.8. The van der Waals surface area contributed by atoms with E-state index < -0.39 is 29.7 Å². The first kappa shape index (κ1) is 31.1. The standard InChI is InChI=1S/C32H30F3N5O5/c1-18-38-27(19-7-10-24(11-8-19)45-32(33,34)35)28(44-18)25-16-21(20-5-4-6-22(15-20)31(2,3)29(36)41)9-12-26(25)40-14-13-23(39-40)17-43-30(37)42/h4-15,25H,16-17H2,1-3H3,(H2,36,41)(H2,37,42). The number of aromatic nitrogens is 3. The number of benzene rings is 2. The second kappa shape index (κ2) is 12.0. The monoisotopic (exact) mass is 621 g/mol. The van der Waals surface area contributed by atoms with Gasteiger partial charge in [-0.15, -0.1) is 13.2 Å². The summed E-state index contributed by atoms with van der Waals surface area (Å²) in [4.78, 5) is 27.9. The molecule has 45 heavy (non-hydrogen) atoms. The van der Waals surface area contributed by atoms with Crippen LogP contribution in [0.5, 0.6) is 5.75 Å². The van der Waals surface area contributed by atoms with Crippen molar-refractivity contribution in [1.82, 2.24) is 14.8 Å². The second-order valence-corrected chi connectivity index (χ2v) is 11.0. The summed E-state index contributed by atoms with van der Waals surface area (Å²) in [6, 6.07) is 14.6. The van der Waals surface area contributed by atoms with Gasteiger partial charge in [0, 0.05) is 18.7 Å². The number of allylic oxidation sites excluding steroid dienone is 4. The molecule has 1 atom stereocenters. The van der Waals surface area contributed by atoms with Crippen LogP contribution in [0.15, 0.2) is 77.4 Å². The van der Waals surface area contributed by atoms with E-state index in [4.69, 9.17) is 20.6 Å². The van der Waals surface area contributed by atoms with Crippen molar-refractivity contribution in [3.05, 3.63) is 101 Å². The number of hydrogen-bond acceptors (Lipinski definition) is 7. The first-order valence-corrected chi connectivity index (χ1v) is 13.8. The molecule has 1 aliphatic carbocycles. The topological polar surface area (TPSA) is 148 Å². The van der Waals surface area contributed by atoms with E-state index in [0.717, 1.165) is 16.7 Å². The van der Waals surface area contributed by atoms with Crippen LogP contribution in [0.25, 0.3) is 22.5 Å². The van der Waals surface area contributed by atoms with Gasteiger partial charge in [0.25, 0.3) is 0 Å². The molecule has 1 aliphatic rings. The Morgan fingerprint density at radius 2 is 1.78 bits per heavy atom. The number of carbonyl (C=O) groups excluding carboxylic acids is 2. The molecule has 0 aliphatic heterocycles. The molecule has 10 nitrogen and oxygen atoms in total. The average Bonchev–Trinajstić information content (AvgIpc) is 3.62. The molecule has 2 aromatic heterocycles. The largest absolute Gasteiger partial charge is 0.573 e. The lowest BCUT2D eigenvalue weighted by Crippen LogP contribution is -2.35. The zero-order valence-electron chi connectivity index (χ0n) is 24.6. The lowest BCUT2D eigenvalue weighted by molar-refractivity contribution is -0.274. The molecule has 5 rings (SSSR count). The van der Waals surface area contributed by atoms with Gasteiger partial charge in [0.15, 0.2) is 5.89 Å². The van der Waals surface area contributed by atoms with Crippen molar-refractivity contribution in [3.8, 4) is 17.0 Å². The van der Waals surface area contributed by atoms with Crippen LogP contribution in [0.4, 0.5) is 18.0 Å². The maximum Gasteiger partial charge on any atom is 0.573 e. The number of hydrogen-bond donors (Lipinski definition) is 2. The minimum absolute atomic E-state index is 0.122. The fourth-order valence-corrected chi connectivity index (χ4v) is 5.05. The highest BCUT2D eigenvalue weighted by atomic mass is 19.4. The highest BCUT2D eigenvalue weighted by molar-refractivity contribution is 5.86. The van der Waals surface area contributed by atoms with E-state index in [1.807, 2.05) is 36.4 Å². The van der Waals surface area contributed by atoms with Crippen LogP contribution >= 0.6 is 0 Å². The number of ether oxygens (including phenoxy) is 2. The number of alkyl halides is 3. The molecule has 2 heterocycles. The van der Waals surface area contributed by atoms with Gasteiger partial charge >= 0.3 is 12.5 Å². The SMILES string of the molecule is Cc1nc(-c2ccc(OC(F)(F)F)cc2)c(C2CC(c3cccc(C(C)(C)C(N)=O)c3)=CC=C2n2ccc(COC(N)=O)n2)o1. The number of nitrogens with two attached hydrogens (primary N) is 2. The van der Waals surface area contributed by atoms with Gasteiger partial charge < -0.3 is 25.4 Å². The van der Waals surface area contributed by atoms with E-state index >= 15 is 0 Å². The van der Waals surface area contributed by atoms with Crippen LogP contribution in [-0.2, 0) is 21.6 Å². The Kier molecular flexibility index (Phi) is 8.28. The number of nitrogens with zero attached hydrogens (tertiary/aromatic N) is 3. The summed E-state index contributed by atoms with van der Waals surface area (Å²) in [7, 11) is 0. The molecule has 0 saturated carbocycles. The van der Waals surface area contributed by atoms with Crippen molar-refractivity contribution in [1.29, 1.82) is 0 Å². The third-order valence-electron chi connectivity index (χ3n) is 7.52. The quantitative estimate of drug-likeness (QED) is 0.226. The minimum atomic E-state index is -4.82. The van der Waals surface area contributed by atoms with Crippen LogP contribution < -0.4 is 16.2 Å². The van der Waals surface area contributed by atoms with Crippen molar-refractivity contribution >= 4 is 23.3 Å². The van der Waals surface area contributed by atoms with E-state index in [-0.39, 0.29) is 12.4 Å². The van der Waals surface area contributed by atoms with E-state index in [2.05, 4.69) is 14.8 Å². The molecule has 0 bridgehead atoms. The van der Waals surface area contributed by atoms with Crippen LogP contribution in [0.1, 0.15) is 54.7 Å². The van der Waals surface area contributed by atoms with Gasteiger partial charge in [0.2, 0.25) is 5.91 Å². The van der Waals surface area contributed by atoms with Crippen molar-refractivity contribution < 1.29 is 36.7 Å². The van der Waals surface area contributed by atoms with Gasteiger partial charge in [-0.2, -0.15) is 5.10 Å². The fourth-order valence-electron chi connectivity index (χ4n) is 5.05. The Hall–Kier alpha value is -5.33. The Bertz CT molecular complexity index is 1800. The number of oxazole rings is 1. The lowest BCUT2D eigenvalue weighted by atomic mass is 9.80. The third kappa shape index (κ3) is 6.92. The summed E-state index contributed by atoms with van der Waals surface area (Å²) in [6.07, 6.45) is 0.188. The average molecular weight is 622 g/mol. The summed E-state index contributed by atoms with van der Waals surface area (Å²) in [5.74, 6) is -0.469. The van der Waals surface area contributed by atoms with Crippen molar-refractivity contribution in [3.63, 3.8) is 0 Å². The predicted molar refractivity (Wildman–Crippen MR) is 158 cm³/mol. The smallest absolute Gasteiger partial charge is 0.445 e. The van der Waals surface area contributed by atoms with E-state index in [1.54, 1.807) is 37.7 Å². The van der Waals surface area contributed by atoms with Crippen LogP contribution in [0.3, 0.4) is 0 Å². The maximum absolute atomic E-state index is 12.8. The Morgan fingerprint density at radius 3 is 2.44 bits per heavy atom. The number of rotatable bonds is 9. The summed E-state index contributed by atoms with van der Waals surface area (Å²) in [6.45, 7) is 5.08. The second-order valence-electron chi connectivity index (χ2n) is 11.0. The fraction of sp³-hybridized carbons (Fsp3) is 0.250. The zero-order chi connectivity index (χ0) is 32.5. The van der Waals surface area contributed by atoms with Crippen molar-refractivity contribution in [2.45, 2.75) is 51.5 Å². The number of primary amides is 2. The summed E-state index contributed by atoms with van der Waals surface area (Å²) < 4.78 is 55.0. The number of aryl methyl sites for hydroxylation is 1. The summed E-state index contributed by atoms with van der Waals surface area (Å²) in [5.41, 5.74) is 14.5. The summed E-state index contributed by atoms with van der Waals surface area (Å²) >= 11 is 0. The first-order chi connectivity index (χ1) is 21.2. The molecule has 2 aromatic carbocycles. The molecule has 1 unspecified atom stereocenters. The number of carbonyl (C=O) groups is 2. The van der Waals surface area contributed by atoms with E-state index in [9.17, 15) is 22.8 Å². The molecule has 2 amide bonds. The third-order valence-corrected chi connectivity index (χ3v) is 7.52. The highest BCUT2D eigenvalue weighted by Gasteiger charge is 2.33. The molecule has 234 valence electrons. The number of amides is 2. The molecule has 4 N–H and O–H groups in total. The zero-order valence-corrected chi connectivity index (χ0v) is 24.6. The first-order valence-electron chi connectivity index (χ1n) is 13.8.